The zero-order chi connectivity index (χ0) is 14.4. The lowest BCUT2D eigenvalue weighted by molar-refractivity contribution is -0.405. The van der Waals surface area contributed by atoms with Crippen molar-refractivity contribution >= 4 is 11.6 Å². The standard InChI is InChI=1S/C12H17ClN4O2/c1-4-15(2)12(9-17(18)19)16(3)8-10-5-6-11(13)14-7-10/h5-7,9H,4,8H2,1-3H3/b12-9+. The Labute approximate surface area is 117 Å². The maximum atomic E-state index is 10.7. The van der Waals surface area contributed by atoms with E-state index < -0.39 is 4.92 Å². The summed E-state index contributed by atoms with van der Waals surface area (Å²) in [6, 6.07) is 3.55. The van der Waals surface area contributed by atoms with Crippen LogP contribution >= 0.6 is 11.6 Å². The lowest BCUT2D eigenvalue weighted by atomic mass is 10.2. The van der Waals surface area contributed by atoms with Gasteiger partial charge in [0.15, 0.2) is 5.82 Å². The Morgan fingerprint density at radius 1 is 1.47 bits per heavy atom. The van der Waals surface area contributed by atoms with Crippen molar-refractivity contribution < 1.29 is 4.92 Å². The first-order valence-corrected chi connectivity index (χ1v) is 6.19. The Morgan fingerprint density at radius 2 is 2.16 bits per heavy atom. The molecule has 0 amide bonds. The van der Waals surface area contributed by atoms with Crippen LogP contribution in [0.2, 0.25) is 5.15 Å². The van der Waals surface area contributed by atoms with Crippen LogP contribution in [0.3, 0.4) is 0 Å². The zero-order valence-corrected chi connectivity index (χ0v) is 12.0. The van der Waals surface area contributed by atoms with Crippen molar-refractivity contribution in [1.82, 2.24) is 14.8 Å². The quantitative estimate of drug-likeness (QED) is 0.455. The van der Waals surface area contributed by atoms with Crippen LogP contribution in [0.4, 0.5) is 0 Å². The smallest absolute Gasteiger partial charge is 0.274 e. The average molecular weight is 285 g/mol. The van der Waals surface area contributed by atoms with Gasteiger partial charge < -0.3 is 9.80 Å². The van der Waals surface area contributed by atoms with E-state index in [0.717, 1.165) is 11.8 Å². The molecule has 1 heterocycles. The van der Waals surface area contributed by atoms with Crippen LogP contribution in [-0.4, -0.2) is 40.3 Å². The number of aromatic nitrogens is 1. The van der Waals surface area contributed by atoms with Crippen LogP contribution in [0.5, 0.6) is 0 Å². The highest BCUT2D eigenvalue weighted by atomic mass is 35.5. The first-order valence-electron chi connectivity index (χ1n) is 5.82. The van der Waals surface area contributed by atoms with Crippen LogP contribution < -0.4 is 0 Å². The molecule has 0 aliphatic heterocycles. The van der Waals surface area contributed by atoms with Crippen molar-refractivity contribution in [1.29, 1.82) is 0 Å². The minimum absolute atomic E-state index is 0.429. The van der Waals surface area contributed by atoms with Crippen molar-refractivity contribution in [2.24, 2.45) is 0 Å². The summed E-state index contributed by atoms with van der Waals surface area (Å²) in [4.78, 5) is 17.8. The predicted octanol–water partition coefficient (Wildman–Crippen LogP) is 2.19. The summed E-state index contributed by atoms with van der Waals surface area (Å²) in [5.41, 5.74) is 0.936. The highest BCUT2D eigenvalue weighted by Crippen LogP contribution is 2.13. The van der Waals surface area contributed by atoms with E-state index in [1.165, 1.54) is 0 Å². The average Bonchev–Trinajstić information content (AvgIpc) is 2.37. The van der Waals surface area contributed by atoms with E-state index in [-0.39, 0.29) is 0 Å². The molecule has 104 valence electrons. The van der Waals surface area contributed by atoms with Gasteiger partial charge in [-0.15, -0.1) is 0 Å². The van der Waals surface area contributed by atoms with E-state index in [0.29, 0.717) is 24.1 Å². The van der Waals surface area contributed by atoms with Crippen molar-refractivity contribution in [2.75, 3.05) is 20.6 Å². The van der Waals surface area contributed by atoms with Crippen LogP contribution in [0, 0.1) is 10.1 Å². The Kier molecular flexibility index (Phi) is 5.57. The third kappa shape index (κ3) is 4.75. The summed E-state index contributed by atoms with van der Waals surface area (Å²) in [5.74, 6) is 0.544. The molecule has 0 unspecified atom stereocenters. The molecule has 7 heteroatoms. The van der Waals surface area contributed by atoms with Gasteiger partial charge in [-0.25, -0.2) is 4.98 Å². The molecule has 0 radical (unpaired) electrons. The summed E-state index contributed by atoms with van der Waals surface area (Å²) in [7, 11) is 3.61. The lowest BCUT2D eigenvalue weighted by Gasteiger charge is -2.27. The summed E-state index contributed by atoms with van der Waals surface area (Å²) < 4.78 is 0. The topological polar surface area (TPSA) is 62.5 Å². The SMILES string of the molecule is CCN(C)/C(=C\[N+](=O)[O-])N(C)Cc1ccc(Cl)nc1. The minimum Gasteiger partial charge on any atom is -0.356 e. The molecule has 0 saturated heterocycles. The second-order valence-corrected chi connectivity index (χ2v) is 4.52. The molecule has 6 nitrogen and oxygen atoms in total. The van der Waals surface area contributed by atoms with Gasteiger partial charge in [0.25, 0.3) is 6.20 Å². The maximum absolute atomic E-state index is 10.7. The molecule has 0 atom stereocenters. The number of pyridine rings is 1. The van der Waals surface area contributed by atoms with Crippen LogP contribution in [0.1, 0.15) is 12.5 Å². The van der Waals surface area contributed by atoms with E-state index in [1.807, 2.05) is 24.9 Å². The summed E-state index contributed by atoms with van der Waals surface area (Å²) in [5, 5.41) is 11.1. The fraction of sp³-hybridized carbons (Fsp3) is 0.417. The summed E-state index contributed by atoms with van der Waals surface area (Å²) in [6.07, 6.45) is 2.67. The van der Waals surface area contributed by atoms with Gasteiger partial charge in [-0.3, -0.25) is 10.1 Å². The monoisotopic (exact) mass is 284 g/mol. The molecule has 0 aliphatic carbocycles. The second-order valence-electron chi connectivity index (χ2n) is 4.13. The molecular formula is C12H17ClN4O2. The van der Waals surface area contributed by atoms with Gasteiger partial charge in [0.1, 0.15) is 5.15 Å². The van der Waals surface area contributed by atoms with Crippen LogP contribution in [-0.2, 0) is 6.54 Å². The Balaban J connectivity index is 2.85. The number of hydrogen-bond acceptors (Lipinski definition) is 5. The van der Waals surface area contributed by atoms with Crippen LogP contribution in [0.15, 0.2) is 30.4 Å². The van der Waals surface area contributed by atoms with Crippen molar-refractivity contribution in [2.45, 2.75) is 13.5 Å². The normalized spacial score (nSPS) is 11.3. The lowest BCUT2D eigenvalue weighted by Crippen LogP contribution is -2.31. The van der Waals surface area contributed by atoms with E-state index in [1.54, 1.807) is 24.2 Å². The summed E-state index contributed by atoms with van der Waals surface area (Å²) >= 11 is 5.72. The van der Waals surface area contributed by atoms with E-state index in [9.17, 15) is 10.1 Å². The molecule has 1 rings (SSSR count). The van der Waals surface area contributed by atoms with Gasteiger partial charge >= 0.3 is 0 Å². The van der Waals surface area contributed by atoms with Crippen molar-refractivity contribution in [3.05, 3.63) is 51.2 Å². The molecule has 19 heavy (non-hydrogen) atoms. The second kappa shape index (κ2) is 6.94. The Morgan fingerprint density at radius 3 is 2.63 bits per heavy atom. The van der Waals surface area contributed by atoms with Gasteiger partial charge in [0.2, 0.25) is 0 Å². The Hall–Kier alpha value is -1.82. The van der Waals surface area contributed by atoms with Gasteiger partial charge in [-0.1, -0.05) is 17.7 Å². The zero-order valence-electron chi connectivity index (χ0n) is 11.2. The maximum Gasteiger partial charge on any atom is 0.274 e. The van der Waals surface area contributed by atoms with Crippen molar-refractivity contribution in [3.8, 4) is 0 Å². The molecular weight excluding hydrogens is 268 g/mol. The molecule has 1 aromatic rings. The van der Waals surface area contributed by atoms with Crippen LogP contribution in [0.25, 0.3) is 0 Å². The highest BCUT2D eigenvalue weighted by molar-refractivity contribution is 6.29. The highest BCUT2D eigenvalue weighted by Gasteiger charge is 2.13. The van der Waals surface area contributed by atoms with Crippen molar-refractivity contribution in [3.63, 3.8) is 0 Å². The minimum atomic E-state index is -0.446. The third-order valence-electron chi connectivity index (χ3n) is 2.69. The van der Waals surface area contributed by atoms with E-state index >= 15 is 0 Å². The number of halogens is 1. The van der Waals surface area contributed by atoms with Gasteiger partial charge in [-0.2, -0.15) is 0 Å². The molecule has 0 fully saturated rings. The molecule has 0 N–H and O–H groups in total. The van der Waals surface area contributed by atoms with Gasteiger partial charge in [0, 0.05) is 33.4 Å². The molecule has 0 aromatic carbocycles. The largest absolute Gasteiger partial charge is 0.356 e. The van der Waals surface area contributed by atoms with Gasteiger partial charge in [-0.05, 0) is 18.6 Å². The number of hydrogen-bond donors (Lipinski definition) is 0. The molecule has 0 aliphatic rings. The van der Waals surface area contributed by atoms with E-state index in [2.05, 4.69) is 4.98 Å². The fourth-order valence-corrected chi connectivity index (χ4v) is 1.71. The fourth-order valence-electron chi connectivity index (χ4n) is 1.60. The van der Waals surface area contributed by atoms with Gasteiger partial charge in [0.05, 0.1) is 4.92 Å². The first kappa shape index (κ1) is 15.2. The first-order chi connectivity index (χ1) is 8.93. The molecule has 0 bridgehead atoms. The number of nitro groups is 1. The number of rotatable bonds is 6. The predicted molar refractivity (Wildman–Crippen MR) is 74.1 cm³/mol. The molecule has 0 saturated carbocycles. The number of nitrogens with zero attached hydrogens (tertiary/aromatic N) is 4. The third-order valence-corrected chi connectivity index (χ3v) is 2.91. The molecule has 0 spiro atoms. The summed E-state index contributed by atoms with van der Waals surface area (Å²) in [6.45, 7) is 3.14. The van der Waals surface area contributed by atoms with E-state index in [4.69, 9.17) is 11.6 Å². The molecule has 1 aromatic heterocycles. The Bertz CT molecular complexity index is 461.